The Balaban J connectivity index is 1.85. The third-order valence-corrected chi connectivity index (χ3v) is 3.51. The predicted molar refractivity (Wildman–Crippen MR) is 94.1 cm³/mol. The number of hydrogen-bond acceptors (Lipinski definition) is 3. The molecule has 0 aromatic heterocycles. The van der Waals surface area contributed by atoms with Gasteiger partial charge in [-0.15, -0.1) is 0 Å². The zero-order valence-corrected chi connectivity index (χ0v) is 14.1. The van der Waals surface area contributed by atoms with Crippen LogP contribution in [0, 0.1) is 0 Å². The van der Waals surface area contributed by atoms with Crippen molar-refractivity contribution in [3.8, 4) is 16.9 Å². The summed E-state index contributed by atoms with van der Waals surface area (Å²) in [6.07, 6.45) is 0. The Morgan fingerprint density at radius 1 is 1.00 bits per heavy atom. The molecule has 0 unspecified atom stereocenters. The Hall–Kier alpha value is -2.53. The number of rotatable bonds is 7. The van der Waals surface area contributed by atoms with Crippen molar-refractivity contribution in [2.75, 3.05) is 19.7 Å². The van der Waals surface area contributed by atoms with E-state index in [-0.39, 0.29) is 18.4 Å². The van der Waals surface area contributed by atoms with E-state index in [4.69, 9.17) is 16.3 Å². The summed E-state index contributed by atoms with van der Waals surface area (Å²) < 4.78 is 5.44. The Labute approximate surface area is 146 Å². The largest absolute Gasteiger partial charge is 0.482 e. The van der Waals surface area contributed by atoms with Gasteiger partial charge < -0.3 is 15.4 Å². The molecule has 0 saturated carbocycles. The number of carbonyl (C=O) groups excluding carboxylic acids is 2. The summed E-state index contributed by atoms with van der Waals surface area (Å²) in [5.74, 6) is 0.0442. The molecule has 0 heterocycles. The molecular formula is C18H19ClN2O3. The number of halogens is 1. The second-order valence-electron chi connectivity index (χ2n) is 5.13. The van der Waals surface area contributed by atoms with Crippen LogP contribution in [0.1, 0.15) is 6.92 Å². The summed E-state index contributed by atoms with van der Waals surface area (Å²) in [5, 5.41) is 5.68. The quantitative estimate of drug-likeness (QED) is 0.757. The Kier molecular flexibility index (Phi) is 6.63. The van der Waals surface area contributed by atoms with Crippen LogP contribution in [0.15, 0.2) is 48.5 Å². The highest BCUT2D eigenvalue weighted by Crippen LogP contribution is 2.30. The minimum Gasteiger partial charge on any atom is -0.482 e. The van der Waals surface area contributed by atoms with E-state index < -0.39 is 0 Å². The van der Waals surface area contributed by atoms with Crippen LogP contribution < -0.4 is 15.4 Å². The minimum absolute atomic E-state index is 0.134. The lowest BCUT2D eigenvalue weighted by molar-refractivity contribution is -0.123. The van der Waals surface area contributed by atoms with Gasteiger partial charge in [0.15, 0.2) is 6.61 Å². The lowest BCUT2D eigenvalue weighted by Gasteiger charge is -2.10. The fraction of sp³-hybridized carbons (Fsp3) is 0.222. The molecule has 0 saturated heterocycles. The van der Waals surface area contributed by atoms with Crippen molar-refractivity contribution in [1.82, 2.24) is 10.6 Å². The molecule has 2 aromatic carbocycles. The zero-order chi connectivity index (χ0) is 17.4. The zero-order valence-electron chi connectivity index (χ0n) is 13.3. The maximum absolute atomic E-state index is 11.7. The van der Waals surface area contributed by atoms with Gasteiger partial charge in [-0.25, -0.2) is 0 Å². The van der Waals surface area contributed by atoms with Crippen LogP contribution in [0.25, 0.3) is 11.1 Å². The topological polar surface area (TPSA) is 67.4 Å². The Morgan fingerprint density at radius 2 is 1.71 bits per heavy atom. The average Bonchev–Trinajstić information content (AvgIpc) is 2.58. The van der Waals surface area contributed by atoms with Crippen molar-refractivity contribution >= 4 is 23.4 Å². The second kappa shape index (κ2) is 8.93. The second-order valence-corrected chi connectivity index (χ2v) is 5.54. The van der Waals surface area contributed by atoms with E-state index in [2.05, 4.69) is 10.6 Å². The minimum atomic E-state index is -0.274. The highest BCUT2D eigenvalue weighted by molar-refractivity contribution is 6.32. The van der Waals surface area contributed by atoms with E-state index in [0.29, 0.717) is 23.9 Å². The van der Waals surface area contributed by atoms with Crippen LogP contribution in [0.5, 0.6) is 5.75 Å². The van der Waals surface area contributed by atoms with E-state index >= 15 is 0 Å². The molecule has 0 fully saturated rings. The first-order chi connectivity index (χ1) is 11.6. The number of carbonyl (C=O) groups is 2. The maximum atomic E-state index is 11.7. The molecule has 24 heavy (non-hydrogen) atoms. The third kappa shape index (κ3) is 5.59. The van der Waals surface area contributed by atoms with Crippen molar-refractivity contribution in [2.45, 2.75) is 6.92 Å². The van der Waals surface area contributed by atoms with E-state index in [1.165, 1.54) is 6.92 Å². The van der Waals surface area contributed by atoms with Crippen molar-refractivity contribution in [2.24, 2.45) is 0 Å². The van der Waals surface area contributed by atoms with Crippen LogP contribution in [0.3, 0.4) is 0 Å². The van der Waals surface area contributed by atoms with E-state index in [1.54, 1.807) is 12.1 Å². The monoisotopic (exact) mass is 346 g/mol. The van der Waals surface area contributed by atoms with Crippen LogP contribution in [-0.4, -0.2) is 31.5 Å². The molecule has 0 aliphatic carbocycles. The number of amides is 2. The SMILES string of the molecule is CC(=O)NCCNC(=O)COc1ccc(-c2ccccc2)cc1Cl. The maximum Gasteiger partial charge on any atom is 0.258 e. The standard InChI is InChI=1S/C18H19ClN2O3/c1-13(22)20-9-10-21-18(23)12-24-17-8-7-15(11-16(17)19)14-5-3-2-4-6-14/h2-8,11H,9-10,12H2,1H3,(H,20,22)(H,21,23). The smallest absolute Gasteiger partial charge is 0.258 e. The van der Waals surface area contributed by atoms with Gasteiger partial charge in [-0.2, -0.15) is 0 Å². The molecule has 0 radical (unpaired) electrons. The number of nitrogens with one attached hydrogen (secondary N) is 2. The Morgan fingerprint density at radius 3 is 2.38 bits per heavy atom. The summed E-state index contributed by atoms with van der Waals surface area (Å²) in [5.41, 5.74) is 2.04. The number of benzene rings is 2. The molecule has 126 valence electrons. The first-order valence-corrected chi connectivity index (χ1v) is 7.93. The molecule has 0 atom stereocenters. The molecule has 0 spiro atoms. The molecule has 2 aromatic rings. The molecule has 2 amide bonds. The van der Waals surface area contributed by atoms with Gasteiger partial charge in [0.25, 0.3) is 5.91 Å². The van der Waals surface area contributed by atoms with Crippen LogP contribution >= 0.6 is 11.6 Å². The van der Waals surface area contributed by atoms with Gasteiger partial charge in [0.1, 0.15) is 5.75 Å². The molecular weight excluding hydrogens is 328 g/mol. The molecule has 6 heteroatoms. The Bertz CT molecular complexity index is 705. The molecule has 2 rings (SSSR count). The van der Waals surface area contributed by atoms with E-state index in [9.17, 15) is 9.59 Å². The fourth-order valence-corrected chi connectivity index (χ4v) is 2.30. The average molecular weight is 347 g/mol. The van der Waals surface area contributed by atoms with Gasteiger partial charge in [0.2, 0.25) is 5.91 Å². The summed E-state index contributed by atoms with van der Waals surface area (Å²) in [6.45, 7) is 2.02. The first kappa shape index (κ1) is 17.8. The van der Waals surface area contributed by atoms with Crippen molar-refractivity contribution in [3.05, 3.63) is 53.6 Å². The molecule has 0 bridgehead atoms. The van der Waals surface area contributed by atoms with Gasteiger partial charge in [-0.05, 0) is 23.3 Å². The predicted octanol–water partition coefficient (Wildman–Crippen LogP) is 2.64. The number of hydrogen-bond donors (Lipinski definition) is 2. The van der Waals surface area contributed by atoms with Gasteiger partial charge >= 0.3 is 0 Å². The lowest BCUT2D eigenvalue weighted by Crippen LogP contribution is -2.36. The first-order valence-electron chi connectivity index (χ1n) is 7.55. The molecule has 0 aliphatic heterocycles. The number of ether oxygens (including phenoxy) is 1. The molecule has 0 aliphatic rings. The molecule has 2 N–H and O–H groups in total. The summed E-state index contributed by atoms with van der Waals surface area (Å²) >= 11 is 6.22. The van der Waals surface area contributed by atoms with Gasteiger partial charge in [0, 0.05) is 20.0 Å². The van der Waals surface area contributed by atoms with Crippen molar-refractivity contribution in [3.63, 3.8) is 0 Å². The van der Waals surface area contributed by atoms with Gasteiger partial charge in [0.05, 0.1) is 5.02 Å². The highest BCUT2D eigenvalue weighted by Gasteiger charge is 2.07. The van der Waals surface area contributed by atoms with Crippen molar-refractivity contribution < 1.29 is 14.3 Å². The lowest BCUT2D eigenvalue weighted by atomic mass is 10.1. The van der Waals surface area contributed by atoms with Gasteiger partial charge in [-0.3, -0.25) is 9.59 Å². The third-order valence-electron chi connectivity index (χ3n) is 3.22. The fourth-order valence-electron chi connectivity index (χ4n) is 2.06. The van der Waals surface area contributed by atoms with Gasteiger partial charge in [-0.1, -0.05) is 48.0 Å². The van der Waals surface area contributed by atoms with E-state index in [1.807, 2.05) is 36.4 Å². The summed E-state index contributed by atoms with van der Waals surface area (Å²) in [7, 11) is 0. The summed E-state index contributed by atoms with van der Waals surface area (Å²) in [4.78, 5) is 22.4. The molecule has 5 nitrogen and oxygen atoms in total. The van der Waals surface area contributed by atoms with Crippen molar-refractivity contribution in [1.29, 1.82) is 0 Å². The van der Waals surface area contributed by atoms with Crippen LogP contribution in [-0.2, 0) is 9.59 Å². The normalized spacial score (nSPS) is 10.1. The van der Waals surface area contributed by atoms with Crippen LogP contribution in [0.4, 0.5) is 0 Å². The van der Waals surface area contributed by atoms with Crippen LogP contribution in [0.2, 0.25) is 5.02 Å². The summed E-state index contributed by atoms with van der Waals surface area (Å²) in [6, 6.07) is 15.3. The highest BCUT2D eigenvalue weighted by atomic mass is 35.5. The van der Waals surface area contributed by atoms with E-state index in [0.717, 1.165) is 11.1 Å².